The third kappa shape index (κ3) is 2.83. The van der Waals surface area contributed by atoms with Gasteiger partial charge in [0.25, 0.3) is 0 Å². The van der Waals surface area contributed by atoms with Crippen molar-refractivity contribution in [1.29, 1.82) is 0 Å². The van der Waals surface area contributed by atoms with Crippen LogP contribution in [0.2, 0.25) is 0 Å². The summed E-state index contributed by atoms with van der Waals surface area (Å²) in [5.74, 6) is 0.388. The van der Waals surface area contributed by atoms with Crippen LogP contribution in [0.5, 0.6) is 0 Å². The van der Waals surface area contributed by atoms with E-state index in [1.165, 1.54) is 0 Å². The highest BCUT2D eigenvalue weighted by atomic mass is 16.7. The van der Waals surface area contributed by atoms with Crippen molar-refractivity contribution in [1.82, 2.24) is 9.97 Å². The molecule has 2 rings (SSSR count). The number of hydrogen-bond acceptors (Lipinski definition) is 5. The van der Waals surface area contributed by atoms with Gasteiger partial charge in [0.1, 0.15) is 5.60 Å². The highest BCUT2D eigenvalue weighted by molar-refractivity contribution is 6.61. The van der Waals surface area contributed by atoms with E-state index in [9.17, 15) is 5.11 Å². The van der Waals surface area contributed by atoms with Gasteiger partial charge in [-0.05, 0) is 27.7 Å². The van der Waals surface area contributed by atoms with E-state index in [1.807, 2.05) is 13.8 Å². The topological polar surface area (TPSA) is 64.5 Å². The van der Waals surface area contributed by atoms with Crippen LogP contribution in [0.1, 0.15) is 33.5 Å². The van der Waals surface area contributed by atoms with Gasteiger partial charge < -0.3 is 14.4 Å². The Morgan fingerprint density at radius 1 is 1.35 bits per heavy atom. The maximum absolute atomic E-state index is 9.74. The molecule has 1 saturated heterocycles. The number of hydrogen-bond donors (Lipinski definition) is 1. The summed E-state index contributed by atoms with van der Waals surface area (Å²) in [6.45, 7) is 7.78. The Labute approximate surface area is 101 Å². The van der Waals surface area contributed by atoms with Crippen molar-refractivity contribution in [3.8, 4) is 0 Å². The molecule has 0 saturated carbocycles. The second-order valence-electron chi connectivity index (χ2n) is 5.42. The third-order valence-corrected chi connectivity index (χ3v) is 2.50. The standard InChI is InChI=1S/C11H17BN2O3/c1-10(2)7-16-12(17-10)8-5-13-9(14-6-8)11(3,4)15/h5-6,15H,7H2,1-4H3. The van der Waals surface area contributed by atoms with Gasteiger partial charge in [-0.25, -0.2) is 9.97 Å². The summed E-state index contributed by atoms with van der Waals surface area (Å²) in [4.78, 5) is 8.24. The number of nitrogens with zero attached hydrogens (tertiary/aromatic N) is 2. The average Bonchev–Trinajstić information content (AvgIpc) is 2.58. The fourth-order valence-corrected chi connectivity index (χ4v) is 1.57. The first-order chi connectivity index (χ1) is 7.78. The Morgan fingerprint density at radius 3 is 2.35 bits per heavy atom. The minimum atomic E-state index is -1.03. The molecule has 6 heteroatoms. The fourth-order valence-electron chi connectivity index (χ4n) is 1.57. The molecule has 5 nitrogen and oxygen atoms in total. The van der Waals surface area contributed by atoms with Gasteiger partial charge in [0.05, 0.1) is 12.2 Å². The van der Waals surface area contributed by atoms with E-state index in [2.05, 4.69) is 9.97 Å². The summed E-state index contributed by atoms with van der Waals surface area (Å²) in [6.07, 6.45) is 3.26. The molecule has 1 aromatic heterocycles. The molecular weight excluding hydrogens is 219 g/mol. The molecule has 0 atom stereocenters. The van der Waals surface area contributed by atoms with Gasteiger partial charge in [-0.3, -0.25) is 0 Å². The highest BCUT2D eigenvalue weighted by Crippen LogP contribution is 2.19. The van der Waals surface area contributed by atoms with Crippen molar-refractivity contribution in [2.24, 2.45) is 0 Å². The van der Waals surface area contributed by atoms with Crippen molar-refractivity contribution in [3.05, 3.63) is 18.2 Å². The molecule has 1 N–H and O–H groups in total. The quantitative estimate of drug-likeness (QED) is 0.744. The van der Waals surface area contributed by atoms with Crippen molar-refractivity contribution in [2.45, 2.75) is 38.9 Å². The molecule has 0 amide bonds. The Balaban J connectivity index is 2.14. The Morgan fingerprint density at radius 2 is 1.94 bits per heavy atom. The zero-order valence-electron chi connectivity index (χ0n) is 10.6. The van der Waals surface area contributed by atoms with E-state index in [0.717, 1.165) is 5.46 Å². The molecule has 0 radical (unpaired) electrons. The average molecular weight is 236 g/mol. The van der Waals surface area contributed by atoms with Gasteiger partial charge >= 0.3 is 7.12 Å². The zero-order valence-corrected chi connectivity index (χ0v) is 10.6. The molecule has 1 aliphatic rings. The van der Waals surface area contributed by atoms with Crippen LogP contribution in [0.15, 0.2) is 12.4 Å². The SMILES string of the molecule is CC1(C)COB(c2cnc(C(C)(C)O)nc2)O1. The van der Waals surface area contributed by atoms with Crippen LogP contribution in [0, 0.1) is 0 Å². The van der Waals surface area contributed by atoms with Crippen LogP contribution in [-0.2, 0) is 14.9 Å². The van der Waals surface area contributed by atoms with E-state index >= 15 is 0 Å². The molecule has 0 aliphatic carbocycles. The lowest BCUT2D eigenvalue weighted by atomic mass is 9.81. The summed E-state index contributed by atoms with van der Waals surface area (Å²) in [7, 11) is -0.416. The first-order valence-electron chi connectivity index (χ1n) is 5.62. The van der Waals surface area contributed by atoms with E-state index in [-0.39, 0.29) is 5.60 Å². The molecule has 92 valence electrons. The summed E-state index contributed by atoms with van der Waals surface area (Å²) in [5, 5.41) is 9.74. The Bertz CT molecular complexity index is 400. The third-order valence-electron chi connectivity index (χ3n) is 2.50. The minimum Gasteiger partial charge on any atom is -0.404 e. The van der Waals surface area contributed by atoms with Crippen molar-refractivity contribution in [2.75, 3.05) is 6.61 Å². The molecular formula is C11H17BN2O3. The number of aromatic nitrogens is 2. The maximum atomic E-state index is 9.74. The molecule has 0 unspecified atom stereocenters. The van der Waals surface area contributed by atoms with Gasteiger partial charge in [-0.1, -0.05) is 0 Å². The minimum absolute atomic E-state index is 0.278. The summed E-state index contributed by atoms with van der Waals surface area (Å²) < 4.78 is 11.2. The van der Waals surface area contributed by atoms with Gasteiger partial charge in [0.15, 0.2) is 5.82 Å². The highest BCUT2D eigenvalue weighted by Gasteiger charge is 2.38. The lowest BCUT2D eigenvalue weighted by molar-refractivity contribution is 0.0687. The normalized spacial score (nSPS) is 19.7. The van der Waals surface area contributed by atoms with Crippen LogP contribution in [-0.4, -0.2) is 34.4 Å². The molecule has 2 heterocycles. The maximum Gasteiger partial charge on any atom is 0.497 e. The van der Waals surface area contributed by atoms with Crippen LogP contribution in [0.3, 0.4) is 0 Å². The first kappa shape index (κ1) is 12.5. The second kappa shape index (κ2) is 4.05. The predicted octanol–water partition coefficient (Wildman–Crippen LogP) is 0.225. The number of aliphatic hydroxyl groups is 1. The molecule has 0 spiro atoms. The molecule has 1 aliphatic heterocycles. The van der Waals surface area contributed by atoms with Crippen LogP contribution in [0.25, 0.3) is 0 Å². The van der Waals surface area contributed by atoms with Gasteiger partial charge in [0, 0.05) is 17.9 Å². The van der Waals surface area contributed by atoms with Crippen molar-refractivity contribution < 1.29 is 14.4 Å². The smallest absolute Gasteiger partial charge is 0.404 e. The van der Waals surface area contributed by atoms with E-state index in [1.54, 1.807) is 26.2 Å². The van der Waals surface area contributed by atoms with Gasteiger partial charge in [-0.2, -0.15) is 0 Å². The monoisotopic (exact) mass is 236 g/mol. The van der Waals surface area contributed by atoms with E-state index in [4.69, 9.17) is 9.31 Å². The molecule has 0 bridgehead atoms. The molecule has 17 heavy (non-hydrogen) atoms. The second-order valence-corrected chi connectivity index (χ2v) is 5.42. The predicted molar refractivity (Wildman–Crippen MR) is 63.8 cm³/mol. The summed E-state index contributed by atoms with van der Waals surface area (Å²) in [6, 6.07) is 0. The first-order valence-corrected chi connectivity index (χ1v) is 5.62. The number of rotatable bonds is 2. The molecule has 1 fully saturated rings. The fraction of sp³-hybridized carbons (Fsp3) is 0.636. The largest absolute Gasteiger partial charge is 0.497 e. The molecule has 0 aromatic carbocycles. The lowest BCUT2D eigenvalue weighted by Gasteiger charge is -2.16. The van der Waals surface area contributed by atoms with Crippen LogP contribution in [0.4, 0.5) is 0 Å². The van der Waals surface area contributed by atoms with Crippen LogP contribution < -0.4 is 5.46 Å². The Kier molecular flexibility index (Phi) is 2.97. The van der Waals surface area contributed by atoms with Crippen molar-refractivity contribution in [3.63, 3.8) is 0 Å². The summed E-state index contributed by atoms with van der Waals surface area (Å²) >= 11 is 0. The van der Waals surface area contributed by atoms with Gasteiger partial charge in [-0.15, -0.1) is 0 Å². The zero-order chi connectivity index (χ0) is 12.7. The summed E-state index contributed by atoms with van der Waals surface area (Å²) in [5.41, 5.74) is -0.544. The van der Waals surface area contributed by atoms with E-state index in [0.29, 0.717) is 12.4 Å². The van der Waals surface area contributed by atoms with Gasteiger partial charge in [0.2, 0.25) is 0 Å². The van der Waals surface area contributed by atoms with Crippen molar-refractivity contribution >= 4 is 12.6 Å². The van der Waals surface area contributed by atoms with Crippen LogP contribution >= 0.6 is 0 Å². The van der Waals surface area contributed by atoms with E-state index < -0.39 is 12.7 Å². The molecule has 1 aromatic rings. The Hall–Kier alpha value is -0.975. The lowest BCUT2D eigenvalue weighted by Crippen LogP contribution is -2.36.